The highest BCUT2D eigenvalue weighted by Crippen LogP contribution is 2.39. The SMILES string of the molecule is COc1csc(C(Br)c2ccc(OC)c(OC)c2)c1. The van der Waals surface area contributed by atoms with Gasteiger partial charge in [0, 0.05) is 10.3 Å². The number of thiophene rings is 1. The maximum atomic E-state index is 5.32. The van der Waals surface area contributed by atoms with Crippen molar-refractivity contribution in [2.75, 3.05) is 21.3 Å². The summed E-state index contributed by atoms with van der Waals surface area (Å²) in [4.78, 5) is 1.30. The summed E-state index contributed by atoms with van der Waals surface area (Å²) in [6, 6.07) is 7.94. The van der Waals surface area contributed by atoms with E-state index in [0.29, 0.717) is 0 Å². The lowest BCUT2D eigenvalue weighted by Gasteiger charge is -2.12. The molecular weight excluding hydrogens is 328 g/mol. The highest BCUT2D eigenvalue weighted by Gasteiger charge is 2.15. The lowest BCUT2D eigenvalue weighted by atomic mass is 10.1. The predicted molar refractivity (Wildman–Crippen MR) is 81.2 cm³/mol. The monoisotopic (exact) mass is 342 g/mol. The van der Waals surface area contributed by atoms with Crippen LogP contribution in [0.4, 0.5) is 0 Å². The van der Waals surface area contributed by atoms with E-state index >= 15 is 0 Å². The lowest BCUT2D eigenvalue weighted by Crippen LogP contribution is -1.94. The van der Waals surface area contributed by atoms with E-state index in [-0.39, 0.29) is 4.83 Å². The van der Waals surface area contributed by atoms with E-state index in [0.717, 1.165) is 22.8 Å². The van der Waals surface area contributed by atoms with Crippen LogP contribution in [0.2, 0.25) is 0 Å². The molecule has 2 rings (SSSR count). The first-order valence-corrected chi connectivity index (χ1v) is 7.47. The zero-order chi connectivity index (χ0) is 13.8. The molecule has 0 radical (unpaired) electrons. The van der Waals surface area contributed by atoms with Gasteiger partial charge in [-0.25, -0.2) is 0 Å². The molecule has 0 aliphatic carbocycles. The highest BCUT2D eigenvalue weighted by molar-refractivity contribution is 9.09. The van der Waals surface area contributed by atoms with Gasteiger partial charge in [-0.05, 0) is 23.8 Å². The van der Waals surface area contributed by atoms with Gasteiger partial charge < -0.3 is 14.2 Å². The normalized spacial score (nSPS) is 12.0. The highest BCUT2D eigenvalue weighted by atomic mass is 79.9. The molecule has 1 atom stereocenters. The fourth-order valence-corrected chi connectivity index (χ4v) is 3.35. The quantitative estimate of drug-likeness (QED) is 0.760. The zero-order valence-electron chi connectivity index (χ0n) is 11.0. The Hall–Kier alpha value is -1.20. The smallest absolute Gasteiger partial charge is 0.161 e. The fourth-order valence-electron chi connectivity index (χ4n) is 1.75. The van der Waals surface area contributed by atoms with Crippen molar-refractivity contribution in [3.05, 3.63) is 40.1 Å². The second-order valence-electron chi connectivity index (χ2n) is 3.87. The van der Waals surface area contributed by atoms with Gasteiger partial charge in [-0.15, -0.1) is 11.3 Å². The van der Waals surface area contributed by atoms with Crippen molar-refractivity contribution < 1.29 is 14.2 Å². The summed E-state index contributed by atoms with van der Waals surface area (Å²) in [5.74, 6) is 2.34. The summed E-state index contributed by atoms with van der Waals surface area (Å²) >= 11 is 5.36. The number of benzene rings is 1. The maximum absolute atomic E-state index is 5.32. The molecule has 0 amide bonds. The van der Waals surface area contributed by atoms with E-state index in [1.54, 1.807) is 32.7 Å². The van der Waals surface area contributed by atoms with Crippen LogP contribution in [0, 0.1) is 0 Å². The van der Waals surface area contributed by atoms with Crippen LogP contribution in [0.1, 0.15) is 15.3 Å². The van der Waals surface area contributed by atoms with Gasteiger partial charge in [-0.2, -0.15) is 0 Å². The lowest BCUT2D eigenvalue weighted by molar-refractivity contribution is 0.354. The van der Waals surface area contributed by atoms with Crippen LogP contribution in [0.5, 0.6) is 17.2 Å². The molecule has 0 spiro atoms. The van der Waals surface area contributed by atoms with Crippen molar-refractivity contribution >= 4 is 27.3 Å². The molecule has 3 nitrogen and oxygen atoms in total. The summed E-state index contributed by atoms with van der Waals surface area (Å²) in [5.41, 5.74) is 1.11. The first-order valence-electron chi connectivity index (χ1n) is 5.68. The molecule has 5 heteroatoms. The van der Waals surface area contributed by atoms with Gasteiger partial charge >= 0.3 is 0 Å². The van der Waals surface area contributed by atoms with Gasteiger partial charge in [-0.3, -0.25) is 0 Å². The standard InChI is InChI=1S/C14H15BrO3S/c1-16-10-7-13(19-8-10)14(15)9-4-5-11(17-2)12(6-9)18-3/h4-8,14H,1-3H3. The minimum Gasteiger partial charge on any atom is -0.496 e. The number of alkyl halides is 1. The molecule has 2 aromatic rings. The summed E-state index contributed by atoms with van der Waals surface area (Å²) < 4.78 is 15.8. The minimum atomic E-state index is 0.112. The van der Waals surface area contributed by atoms with Crippen LogP contribution in [-0.2, 0) is 0 Å². The second kappa shape index (κ2) is 6.30. The zero-order valence-corrected chi connectivity index (χ0v) is 13.4. The van der Waals surface area contributed by atoms with E-state index in [2.05, 4.69) is 15.9 Å². The molecule has 1 unspecified atom stereocenters. The fraction of sp³-hybridized carbons (Fsp3) is 0.286. The van der Waals surface area contributed by atoms with Crippen LogP contribution in [0.25, 0.3) is 0 Å². The van der Waals surface area contributed by atoms with Crippen molar-refractivity contribution in [1.29, 1.82) is 0 Å². The Labute approximate surface area is 125 Å². The van der Waals surface area contributed by atoms with Crippen LogP contribution in [-0.4, -0.2) is 21.3 Å². The Morgan fingerprint density at radius 1 is 1.00 bits per heavy atom. The van der Waals surface area contributed by atoms with Crippen molar-refractivity contribution in [2.24, 2.45) is 0 Å². The van der Waals surface area contributed by atoms with Crippen molar-refractivity contribution in [3.8, 4) is 17.2 Å². The molecule has 0 N–H and O–H groups in total. The Balaban J connectivity index is 2.30. The van der Waals surface area contributed by atoms with Crippen molar-refractivity contribution in [2.45, 2.75) is 4.83 Å². The molecule has 0 aliphatic heterocycles. The molecule has 1 aromatic carbocycles. The molecule has 1 heterocycles. The third-order valence-electron chi connectivity index (χ3n) is 2.78. The van der Waals surface area contributed by atoms with Gasteiger partial charge in [0.25, 0.3) is 0 Å². The van der Waals surface area contributed by atoms with Crippen LogP contribution in [0.15, 0.2) is 29.6 Å². The number of halogens is 1. The number of ether oxygens (including phenoxy) is 3. The van der Waals surface area contributed by atoms with Crippen LogP contribution in [0.3, 0.4) is 0 Å². The number of rotatable bonds is 5. The van der Waals surface area contributed by atoms with Gasteiger partial charge in [0.2, 0.25) is 0 Å². The van der Waals surface area contributed by atoms with E-state index in [9.17, 15) is 0 Å². The number of hydrogen-bond donors (Lipinski definition) is 0. The molecule has 0 saturated heterocycles. The molecule has 0 aliphatic rings. The van der Waals surface area contributed by atoms with Crippen LogP contribution < -0.4 is 14.2 Å². The van der Waals surface area contributed by atoms with E-state index < -0.39 is 0 Å². The topological polar surface area (TPSA) is 27.7 Å². The molecule has 0 saturated carbocycles. The van der Waals surface area contributed by atoms with E-state index in [4.69, 9.17) is 14.2 Å². The van der Waals surface area contributed by atoms with E-state index in [1.165, 1.54) is 4.88 Å². The largest absolute Gasteiger partial charge is 0.496 e. The summed E-state index contributed by atoms with van der Waals surface area (Å²) in [5, 5.41) is 1.99. The van der Waals surface area contributed by atoms with Gasteiger partial charge in [0.15, 0.2) is 11.5 Å². The molecule has 0 fully saturated rings. The Morgan fingerprint density at radius 2 is 1.74 bits per heavy atom. The average Bonchev–Trinajstić information content (AvgIpc) is 2.94. The Morgan fingerprint density at radius 3 is 2.32 bits per heavy atom. The summed E-state index contributed by atoms with van der Waals surface area (Å²) in [6.07, 6.45) is 0. The molecular formula is C14H15BrO3S. The summed E-state index contributed by atoms with van der Waals surface area (Å²) in [7, 11) is 4.94. The van der Waals surface area contributed by atoms with Gasteiger partial charge in [0.05, 0.1) is 26.2 Å². The summed E-state index contributed by atoms with van der Waals surface area (Å²) in [6.45, 7) is 0. The van der Waals surface area contributed by atoms with Crippen LogP contribution >= 0.6 is 27.3 Å². The first kappa shape index (κ1) is 14.2. The van der Waals surface area contributed by atoms with Gasteiger partial charge in [0.1, 0.15) is 5.75 Å². The molecule has 102 valence electrons. The third kappa shape index (κ3) is 3.04. The minimum absolute atomic E-state index is 0.112. The third-order valence-corrected chi connectivity index (χ3v) is 5.08. The van der Waals surface area contributed by atoms with Crippen molar-refractivity contribution in [3.63, 3.8) is 0 Å². The van der Waals surface area contributed by atoms with Gasteiger partial charge in [-0.1, -0.05) is 22.0 Å². The molecule has 1 aromatic heterocycles. The number of hydrogen-bond acceptors (Lipinski definition) is 4. The molecule has 0 bridgehead atoms. The molecule has 19 heavy (non-hydrogen) atoms. The maximum Gasteiger partial charge on any atom is 0.161 e. The Kier molecular flexibility index (Phi) is 4.71. The predicted octanol–water partition coefficient (Wildman–Crippen LogP) is 4.26. The second-order valence-corrected chi connectivity index (χ2v) is 5.72. The van der Waals surface area contributed by atoms with Crippen molar-refractivity contribution in [1.82, 2.24) is 0 Å². The average molecular weight is 343 g/mol. The van der Waals surface area contributed by atoms with E-state index in [1.807, 2.05) is 29.6 Å². The Bertz CT molecular complexity index is 553. The number of methoxy groups -OCH3 is 3. The first-order chi connectivity index (χ1) is 9.19.